The molecule has 4 nitrogen and oxygen atoms in total. The van der Waals surface area contributed by atoms with Crippen LogP contribution in [0.5, 0.6) is 0 Å². The molecule has 0 radical (unpaired) electrons. The summed E-state index contributed by atoms with van der Waals surface area (Å²) in [5.41, 5.74) is 4.02. The SMILES string of the molecule is Cc1cc(-c2ccc(CC#N)cc2)ccc1C(O)(c1cncnc1)C(C)(C)C. The summed E-state index contributed by atoms with van der Waals surface area (Å²) in [6, 6.07) is 16.3. The zero-order valence-corrected chi connectivity index (χ0v) is 16.8. The van der Waals surface area contributed by atoms with Crippen molar-refractivity contribution in [1.82, 2.24) is 9.97 Å². The minimum atomic E-state index is -1.21. The highest BCUT2D eigenvalue weighted by atomic mass is 16.3. The van der Waals surface area contributed by atoms with E-state index in [0.29, 0.717) is 12.0 Å². The fraction of sp³-hybridized carbons (Fsp3) is 0.292. The van der Waals surface area contributed by atoms with E-state index in [4.69, 9.17) is 5.26 Å². The van der Waals surface area contributed by atoms with Crippen molar-refractivity contribution < 1.29 is 5.11 Å². The van der Waals surface area contributed by atoms with Gasteiger partial charge in [0.1, 0.15) is 11.9 Å². The summed E-state index contributed by atoms with van der Waals surface area (Å²) in [5.74, 6) is 0. The van der Waals surface area contributed by atoms with Gasteiger partial charge < -0.3 is 5.11 Å². The van der Waals surface area contributed by atoms with Crippen LogP contribution < -0.4 is 0 Å². The van der Waals surface area contributed by atoms with Gasteiger partial charge in [0.15, 0.2) is 0 Å². The third-order valence-electron chi connectivity index (χ3n) is 5.25. The zero-order chi connectivity index (χ0) is 20.4. The molecule has 0 aliphatic rings. The molecule has 0 saturated heterocycles. The summed E-state index contributed by atoms with van der Waals surface area (Å²) in [6.07, 6.45) is 5.24. The van der Waals surface area contributed by atoms with Crippen molar-refractivity contribution in [3.8, 4) is 17.2 Å². The van der Waals surface area contributed by atoms with Crippen LogP contribution in [-0.4, -0.2) is 15.1 Å². The molecule has 3 aromatic rings. The Morgan fingerprint density at radius 2 is 1.57 bits per heavy atom. The predicted molar refractivity (Wildman–Crippen MR) is 110 cm³/mol. The van der Waals surface area contributed by atoms with Crippen molar-refractivity contribution in [3.05, 3.63) is 83.4 Å². The Kier molecular flexibility index (Phi) is 5.31. The van der Waals surface area contributed by atoms with Crippen LogP contribution >= 0.6 is 0 Å². The second kappa shape index (κ2) is 7.53. The van der Waals surface area contributed by atoms with Gasteiger partial charge in [-0.05, 0) is 40.2 Å². The van der Waals surface area contributed by atoms with E-state index in [-0.39, 0.29) is 0 Å². The summed E-state index contributed by atoms with van der Waals surface area (Å²) in [5, 5.41) is 20.6. The molecule has 0 saturated carbocycles. The number of rotatable bonds is 4. The van der Waals surface area contributed by atoms with Gasteiger partial charge in [-0.25, -0.2) is 9.97 Å². The molecule has 0 spiro atoms. The molecule has 0 bridgehead atoms. The Morgan fingerprint density at radius 3 is 2.11 bits per heavy atom. The molecule has 28 heavy (non-hydrogen) atoms. The molecule has 2 aromatic carbocycles. The first-order chi connectivity index (χ1) is 13.3. The monoisotopic (exact) mass is 371 g/mol. The molecule has 142 valence electrons. The van der Waals surface area contributed by atoms with Gasteiger partial charge in [-0.15, -0.1) is 0 Å². The van der Waals surface area contributed by atoms with E-state index in [1.54, 1.807) is 12.4 Å². The number of nitriles is 1. The van der Waals surface area contributed by atoms with Gasteiger partial charge in [-0.1, -0.05) is 63.2 Å². The lowest BCUT2D eigenvalue weighted by molar-refractivity contribution is -0.0269. The number of aliphatic hydroxyl groups is 1. The van der Waals surface area contributed by atoms with Crippen molar-refractivity contribution in [3.63, 3.8) is 0 Å². The molecule has 1 atom stereocenters. The Bertz CT molecular complexity index is 999. The number of nitrogens with zero attached hydrogens (tertiary/aromatic N) is 3. The van der Waals surface area contributed by atoms with Crippen LogP contribution in [0.4, 0.5) is 0 Å². The molecular weight excluding hydrogens is 346 g/mol. The van der Waals surface area contributed by atoms with Crippen LogP contribution in [0.3, 0.4) is 0 Å². The quantitative estimate of drug-likeness (QED) is 0.715. The number of aryl methyl sites for hydroxylation is 1. The maximum absolute atomic E-state index is 11.8. The van der Waals surface area contributed by atoms with Crippen LogP contribution in [0.25, 0.3) is 11.1 Å². The number of benzene rings is 2. The molecule has 0 fully saturated rings. The van der Waals surface area contributed by atoms with Gasteiger partial charge >= 0.3 is 0 Å². The van der Waals surface area contributed by atoms with E-state index in [9.17, 15) is 5.11 Å². The normalized spacial score (nSPS) is 13.6. The molecule has 1 aromatic heterocycles. The maximum Gasteiger partial charge on any atom is 0.123 e. The molecule has 1 N–H and O–H groups in total. The Hall–Kier alpha value is -3.03. The lowest BCUT2D eigenvalue weighted by Crippen LogP contribution is -2.42. The Labute approximate surface area is 166 Å². The third-order valence-corrected chi connectivity index (χ3v) is 5.25. The summed E-state index contributed by atoms with van der Waals surface area (Å²) < 4.78 is 0. The zero-order valence-electron chi connectivity index (χ0n) is 16.8. The molecule has 0 aliphatic heterocycles. The first-order valence-electron chi connectivity index (χ1n) is 9.32. The Balaban J connectivity index is 2.06. The molecule has 4 heteroatoms. The van der Waals surface area contributed by atoms with E-state index in [1.807, 2.05) is 64.1 Å². The van der Waals surface area contributed by atoms with Crippen molar-refractivity contribution in [1.29, 1.82) is 5.26 Å². The van der Waals surface area contributed by atoms with Crippen molar-refractivity contribution in [2.24, 2.45) is 5.41 Å². The van der Waals surface area contributed by atoms with Crippen LogP contribution in [0.15, 0.2) is 61.2 Å². The highest BCUT2D eigenvalue weighted by Gasteiger charge is 2.44. The lowest BCUT2D eigenvalue weighted by Gasteiger charge is -2.41. The number of hydrogen-bond donors (Lipinski definition) is 1. The molecular formula is C24H25N3O. The summed E-state index contributed by atoms with van der Waals surface area (Å²) in [6.45, 7) is 8.06. The van der Waals surface area contributed by atoms with Gasteiger partial charge in [0.25, 0.3) is 0 Å². The van der Waals surface area contributed by atoms with Gasteiger partial charge in [0.2, 0.25) is 0 Å². The van der Waals surface area contributed by atoms with Gasteiger partial charge in [0, 0.05) is 18.0 Å². The fourth-order valence-corrected chi connectivity index (χ4v) is 3.63. The molecule has 1 heterocycles. The Morgan fingerprint density at radius 1 is 0.964 bits per heavy atom. The van der Waals surface area contributed by atoms with E-state index in [1.165, 1.54) is 6.33 Å². The van der Waals surface area contributed by atoms with E-state index >= 15 is 0 Å². The van der Waals surface area contributed by atoms with Gasteiger partial charge in [-0.3, -0.25) is 0 Å². The molecule has 0 amide bonds. The second-order valence-corrected chi connectivity index (χ2v) is 8.15. The first-order valence-corrected chi connectivity index (χ1v) is 9.32. The standard InChI is InChI=1S/C24H25N3O/c1-17-13-20(19-7-5-18(6-8-19)11-12-25)9-10-22(17)24(28,23(2,3)4)21-14-26-16-27-15-21/h5-10,13-16,28H,11H2,1-4H3. The largest absolute Gasteiger partial charge is 0.380 e. The maximum atomic E-state index is 11.8. The highest BCUT2D eigenvalue weighted by Crippen LogP contribution is 2.45. The minimum absolute atomic E-state index is 0.413. The van der Waals surface area contributed by atoms with E-state index < -0.39 is 11.0 Å². The second-order valence-electron chi connectivity index (χ2n) is 8.15. The lowest BCUT2D eigenvalue weighted by atomic mass is 9.68. The summed E-state index contributed by atoms with van der Waals surface area (Å²) >= 11 is 0. The van der Waals surface area contributed by atoms with Crippen molar-refractivity contribution >= 4 is 0 Å². The van der Waals surface area contributed by atoms with E-state index in [0.717, 1.165) is 27.8 Å². The van der Waals surface area contributed by atoms with Gasteiger partial charge in [0.05, 0.1) is 12.5 Å². The van der Waals surface area contributed by atoms with Crippen LogP contribution in [0.1, 0.15) is 43.0 Å². The van der Waals surface area contributed by atoms with Crippen LogP contribution in [0, 0.1) is 23.7 Å². The molecule has 0 aliphatic carbocycles. The van der Waals surface area contributed by atoms with E-state index in [2.05, 4.69) is 22.1 Å². The van der Waals surface area contributed by atoms with Crippen LogP contribution in [0.2, 0.25) is 0 Å². The number of hydrogen-bond acceptors (Lipinski definition) is 4. The average Bonchev–Trinajstić information content (AvgIpc) is 2.68. The average molecular weight is 371 g/mol. The third kappa shape index (κ3) is 3.54. The fourth-order valence-electron chi connectivity index (χ4n) is 3.63. The topological polar surface area (TPSA) is 69.8 Å². The van der Waals surface area contributed by atoms with Crippen LogP contribution in [-0.2, 0) is 12.0 Å². The van der Waals surface area contributed by atoms with Gasteiger partial charge in [-0.2, -0.15) is 5.26 Å². The molecule has 3 rings (SSSR count). The minimum Gasteiger partial charge on any atom is -0.380 e. The van der Waals surface area contributed by atoms with Crippen molar-refractivity contribution in [2.75, 3.05) is 0 Å². The summed E-state index contributed by atoms with van der Waals surface area (Å²) in [7, 11) is 0. The summed E-state index contributed by atoms with van der Waals surface area (Å²) in [4.78, 5) is 8.23. The predicted octanol–water partition coefficient (Wildman–Crippen LogP) is 4.80. The molecule has 1 unspecified atom stereocenters. The van der Waals surface area contributed by atoms with Crippen molar-refractivity contribution in [2.45, 2.75) is 39.7 Å². The first kappa shape index (κ1) is 19.7. The highest BCUT2D eigenvalue weighted by molar-refractivity contribution is 5.66. The smallest absolute Gasteiger partial charge is 0.123 e. The number of aromatic nitrogens is 2.